The van der Waals surface area contributed by atoms with E-state index in [1.165, 1.54) is 5.56 Å². The molecule has 0 unspecified atom stereocenters. The van der Waals surface area contributed by atoms with Crippen LogP contribution in [0.15, 0.2) is 36.9 Å². The Morgan fingerprint density at radius 3 is 3.00 bits per heavy atom. The maximum atomic E-state index is 5.71. The summed E-state index contributed by atoms with van der Waals surface area (Å²) in [5.41, 5.74) is 1.24. The van der Waals surface area contributed by atoms with E-state index in [1.54, 1.807) is 0 Å². The second kappa shape index (κ2) is 7.87. The summed E-state index contributed by atoms with van der Waals surface area (Å²) in [6.45, 7) is 7.08. The second-order valence-corrected chi connectivity index (χ2v) is 4.08. The van der Waals surface area contributed by atoms with Crippen LogP contribution in [0.3, 0.4) is 0 Å². The van der Waals surface area contributed by atoms with Crippen molar-refractivity contribution in [1.82, 2.24) is 10.2 Å². The third-order valence-electron chi connectivity index (χ3n) is 2.46. The molecule has 0 saturated heterocycles. The van der Waals surface area contributed by atoms with E-state index >= 15 is 0 Å². The fourth-order valence-corrected chi connectivity index (χ4v) is 1.58. The molecule has 0 aromatic heterocycles. The van der Waals surface area contributed by atoms with Crippen LogP contribution in [0.5, 0.6) is 5.75 Å². The standard InChI is InChI=1S/C14H22N2O/c1-4-8-16(3)9-10-17-14-7-5-6-13(11-14)12-15-2/h4-7,11,15H,1,8-10,12H2,2-3H3. The SMILES string of the molecule is C=CCN(C)CCOc1cccc(CNC)c1. The number of likely N-dealkylation sites (N-methyl/N-ethyl adjacent to an activating group) is 1. The Bertz CT molecular complexity index is 339. The second-order valence-electron chi connectivity index (χ2n) is 4.08. The summed E-state index contributed by atoms with van der Waals surface area (Å²) < 4.78 is 5.71. The first kappa shape index (κ1) is 13.7. The maximum Gasteiger partial charge on any atom is 0.119 e. The van der Waals surface area contributed by atoms with Crippen molar-refractivity contribution in [2.75, 3.05) is 33.8 Å². The van der Waals surface area contributed by atoms with Gasteiger partial charge in [-0.1, -0.05) is 18.2 Å². The Balaban J connectivity index is 2.35. The van der Waals surface area contributed by atoms with Crippen LogP contribution in [-0.4, -0.2) is 38.7 Å². The molecule has 0 atom stereocenters. The molecule has 0 aliphatic rings. The quantitative estimate of drug-likeness (QED) is 0.695. The van der Waals surface area contributed by atoms with Gasteiger partial charge in [0, 0.05) is 19.6 Å². The minimum absolute atomic E-state index is 0.702. The van der Waals surface area contributed by atoms with Crippen molar-refractivity contribution in [2.24, 2.45) is 0 Å². The molecule has 0 saturated carbocycles. The highest BCUT2D eigenvalue weighted by atomic mass is 16.5. The van der Waals surface area contributed by atoms with Crippen LogP contribution in [0.25, 0.3) is 0 Å². The van der Waals surface area contributed by atoms with Crippen LogP contribution in [0.1, 0.15) is 5.56 Å². The van der Waals surface area contributed by atoms with Crippen molar-refractivity contribution in [3.05, 3.63) is 42.5 Å². The molecule has 3 nitrogen and oxygen atoms in total. The molecule has 0 radical (unpaired) electrons. The van der Waals surface area contributed by atoms with Crippen LogP contribution in [0.4, 0.5) is 0 Å². The summed E-state index contributed by atoms with van der Waals surface area (Å²) in [7, 11) is 4.00. The van der Waals surface area contributed by atoms with Gasteiger partial charge in [-0.05, 0) is 31.8 Å². The summed E-state index contributed by atoms with van der Waals surface area (Å²) in [6, 6.07) is 8.18. The highest BCUT2D eigenvalue weighted by Crippen LogP contribution is 2.12. The van der Waals surface area contributed by atoms with Gasteiger partial charge < -0.3 is 10.1 Å². The van der Waals surface area contributed by atoms with Crippen LogP contribution in [0.2, 0.25) is 0 Å². The van der Waals surface area contributed by atoms with E-state index in [9.17, 15) is 0 Å². The number of rotatable bonds is 8. The highest BCUT2D eigenvalue weighted by molar-refractivity contribution is 5.28. The molecule has 0 heterocycles. The smallest absolute Gasteiger partial charge is 0.119 e. The van der Waals surface area contributed by atoms with Crippen LogP contribution in [0, 0.1) is 0 Å². The highest BCUT2D eigenvalue weighted by Gasteiger charge is 1.98. The fourth-order valence-electron chi connectivity index (χ4n) is 1.58. The van der Waals surface area contributed by atoms with Gasteiger partial charge in [-0.2, -0.15) is 0 Å². The molecule has 0 aliphatic carbocycles. The molecule has 1 N–H and O–H groups in total. The monoisotopic (exact) mass is 234 g/mol. The van der Waals surface area contributed by atoms with Crippen molar-refractivity contribution < 1.29 is 4.74 Å². The molecule has 0 amide bonds. The van der Waals surface area contributed by atoms with E-state index in [-0.39, 0.29) is 0 Å². The lowest BCUT2D eigenvalue weighted by atomic mass is 10.2. The predicted molar refractivity (Wildman–Crippen MR) is 72.4 cm³/mol. The van der Waals surface area contributed by atoms with E-state index in [1.807, 2.05) is 25.3 Å². The third kappa shape index (κ3) is 5.52. The predicted octanol–water partition coefficient (Wildman–Crippen LogP) is 1.90. The first-order chi connectivity index (χ1) is 8.26. The van der Waals surface area contributed by atoms with Crippen molar-refractivity contribution in [1.29, 1.82) is 0 Å². The number of hydrogen-bond donors (Lipinski definition) is 1. The van der Waals surface area contributed by atoms with Gasteiger partial charge in [0.15, 0.2) is 0 Å². The summed E-state index contributed by atoms with van der Waals surface area (Å²) >= 11 is 0. The van der Waals surface area contributed by atoms with Gasteiger partial charge in [0.05, 0.1) is 0 Å². The Morgan fingerprint density at radius 2 is 2.29 bits per heavy atom. The van der Waals surface area contributed by atoms with Crippen molar-refractivity contribution in [2.45, 2.75) is 6.54 Å². The van der Waals surface area contributed by atoms with Gasteiger partial charge in [-0.25, -0.2) is 0 Å². The zero-order chi connectivity index (χ0) is 12.5. The average molecular weight is 234 g/mol. The largest absolute Gasteiger partial charge is 0.492 e. The van der Waals surface area contributed by atoms with Gasteiger partial charge in [-0.3, -0.25) is 4.90 Å². The van der Waals surface area contributed by atoms with Gasteiger partial charge in [0.2, 0.25) is 0 Å². The average Bonchev–Trinajstić information content (AvgIpc) is 2.30. The lowest BCUT2D eigenvalue weighted by Crippen LogP contribution is -2.24. The summed E-state index contributed by atoms with van der Waals surface area (Å²) in [4.78, 5) is 2.17. The molecule has 1 rings (SSSR count). The molecule has 0 bridgehead atoms. The molecule has 1 aromatic carbocycles. The molecule has 94 valence electrons. The minimum atomic E-state index is 0.702. The number of ether oxygens (including phenoxy) is 1. The molecule has 3 heteroatoms. The molecular weight excluding hydrogens is 212 g/mol. The minimum Gasteiger partial charge on any atom is -0.492 e. The number of benzene rings is 1. The topological polar surface area (TPSA) is 24.5 Å². The Hall–Kier alpha value is -1.32. The third-order valence-corrected chi connectivity index (χ3v) is 2.46. The van der Waals surface area contributed by atoms with Gasteiger partial charge in [-0.15, -0.1) is 6.58 Å². The van der Waals surface area contributed by atoms with E-state index in [0.29, 0.717) is 6.61 Å². The Morgan fingerprint density at radius 1 is 1.47 bits per heavy atom. The molecule has 17 heavy (non-hydrogen) atoms. The Kier molecular flexibility index (Phi) is 6.37. The van der Waals surface area contributed by atoms with Gasteiger partial charge in [0.25, 0.3) is 0 Å². The normalized spacial score (nSPS) is 10.5. The molecule has 0 aliphatic heterocycles. The zero-order valence-electron chi connectivity index (χ0n) is 10.8. The van der Waals surface area contributed by atoms with Gasteiger partial charge in [0.1, 0.15) is 12.4 Å². The summed E-state index contributed by atoms with van der Waals surface area (Å²) in [5.74, 6) is 0.935. The molecular formula is C14H22N2O. The van der Waals surface area contributed by atoms with E-state index < -0.39 is 0 Å². The van der Waals surface area contributed by atoms with Crippen LogP contribution >= 0.6 is 0 Å². The van der Waals surface area contributed by atoms with Crippen molar-refractivity contribution in [3.63, 3.8) is 0 Å². The lowest BCUT2D eigenvalue weighted by molar-refractivity contribution is 0.249. The first-order valence-electron chi connectivity index (χ1n) is 5.92. The Labute approximate surface area is 104 Å². The summed E-state index contributed by atoms with van der Waals surface area (Å²) in [6.07, 6.45) is 1.90. The first-order valence-corrected chi connectivity index (χ1v) is 5.92. The number of hydrogen-bond acceptors (Lipinski definition) is 3. The van der Waals surface area contributed by atoms with Gasteiger partial charge >= 0.3 is 0 Å². The fraction of sp³-hybridized carbons (Fsp3) is 0.429. The van der Waals surface area contributed by atoms with E-state index in [2.05, 4.69) is 36.0 Å². The number of nitrogens with zero attached hydrogens (tertiary/aromatic N) is 1. The molecule has 0 spiro atoms. The van der Waals surface area contributed by atoms with Crippen molar-refractivity contribution >= 4 is 0 Å². The maximum absolute atomic E-state index is 5.71. The number of nitrogens with one attached hydrogen (secondary N) is 1. The molecule has 0 fully saturated rings. The zero-order valence-corrected chi connectivity index (χ0v) is 10.8. The van der Waals surface area contributed by atoms with Crippen LogP contribution < -0.4 is 10.1 Å². The van der Waals surface area contributed by atoms with Crippen LogP contribution in [-0.2, 0) is 6.54 Å². The van der Waals surface area contributed by atoms with E-state index in [0.717, 1.165) is 25.4 Å². The molecule has 1 aromatic rings. The lowest BCUT2D eigenvalue weighted by Gasteiger charge is -2.14. The van der Waals surface area contributed by atoms with Crippen molar-refractivity contribution in [3.8, 4) is 5.75 Å². The summed E-state index contributed by atoms with van der Waals surface area (Å²) in [5, 5.41) is 3.13. The van der Waals surface area contributed by atoms with E-state index in [4.69, 9.17) is 4.74 Å².